The third kappa shape index (κ3) is 4.44. The normalized spacial score (nSPS) is 18.6. The van der Waals surface area contributed by atoms with Crippen LogP contribution in [0.15, 0.2) is 47.1 Å². The van der Waals surface area contributed by atoms with E-state index >= 15 is 0 Å². The predicted molar refractivity (Wildman–Crippen MR) is 131 cm³/mol. The van der Waals surface area contributed by atoms with Gasteiger partial charge in [0.25, 0.3) is 5.91 Å². The molecule has 0 aliphatic heterocycles. The van der Waals surface area contributed by atoms with Gasteiger partial charge in [-0.1, -0.05) is 37.5 Å². The average Bonchev–Trinajstić information content (AvgIpc) is 3.53. The third-order valence-corrected chi connectivity index (χ3v) is 6.94. The van der Waals surface area contributed by atoms with Gasteiger partial charge in [0.15, 0.2) is 6.10 Å². The van der Waals surface area contributed by atoms with Gasteiger partial charge in [0.2, 0.25) is 0 Å². The molecule has 1 fully saturated rings. The fourth-order valence-corrected chi connectivity index (χ4v) is 5.09. The van der Waals surface area contributed by atoms with Crippen LogP contribution in [0.4, 0.5) is 0 Å². The number of ether oxygens (including phenoxy) is 1. The Bertz CT molecular complexity index is 1340. The van der Waals surface area contributed by atoms with Gasteiger partial charge in [0.1, 0.15) is 11.3 Å². The van der Waals surface area contributed by atoms with Crippen LogP contribution in [0, 0.1) is 11.3 Å². The Balaban J connectivity index is 1.44. The van der Waals surface area contributed by atoms with Crippen LogP contribution in [0.25, 0.3) is 22.6 Å². The molecule has 5 rings (SSSR count). The van der Waals surface area contributed by atoms with Gasteiger partial charge in [-0.25, -0.2) is 9.78 Å². The number of furan rings is 1. The topological polar surface area (TPSA) is 105 Å². The summed E-state index contributed by atoms with van der Waals surface area (Å²) in [5.74, 6) is -0.280. The minimum atomic E-state index is -1.03. The molecule has 1 unspecified atom stereocenters. The van der Waals surface area contributed by atoms with Crippen LogP contribution in [0.2, 0.25) is 0 Å². The Morgan fingerprint density at radius 2 is 1.97 bits per heavy atom. The number of carbonyl (C=O) groups excluding carboxylic acids is 2. The zero-order chi connectivity index (χ0) is 24.4. The predicted octanol–water partition coefficient (Wildman–Crippen LogP) is 5.20. The van der Waals surface area contributed by atoms with Crippen molar-refractivity contribution in [2.24, 2.45) is 0 Å². The van der Waals surface area contributed by atoms with E-state index in [0.717, 1.165) is 48.3 Å². The maximum atomic E-state index is 13.5. The summed E-state index contributed by atoms with van der Waals surface area (Å²) in [5.41, 5.74) is 2.82. The molecule has 2 heterocycles. The number of hydrogen-bond donors (Lipinski definition) is 1. The Morgan fingerprint density at radius 3 is 2.71 bits per heavy atom. The second-order valence-corrected chi connectivity index (χ2v) is 9.31. The summed E-state index contributed by atoms with van der Waals surface area (Å²) in [5, 5.41) is 13.2. The first-order valence-corrected chi connectivity index (χ1v) is 12.1. The van der Waals surface area contributed by atoms with Crippen LogP contribution in [0.1, 0.15) is 72.8 Å². The number of nitrogens with zero attached hydrogens (tertiary/aromatic N) is 2. The summed E-state index contributed by atoms with van der Waals surface area (Å²) in [7, 11) is 0. The number of rotatable bonds is 5. The molecule has 7 nitrogen and oxygen atoms in total. The van der Waals surface area contributed by atoms with Gasteiger partial charge in [-0.15, -0.1) is 0 Å². The summed E-state index contributed by atoms with van der Waals surface area (Å²) in [6, 6.07) is 13.4. The van der Waals surface area contributed by atoms with Gasteiger partial charge in [0, 0.05) is 5.39 Å². The summed E-state index contributed by atoms with van der Waals surface area (Å²) in [4.78, 5) is 31.2. The van der Waals surface area contributed by atoms with Crippen LogP contribution in [0.5, 0.6) is 0 Å². The second kappa shape index (κ2) is 9.38. The van der Waals surface area contributed by atoms with Gasteiger partial charge in [-0.05, 0) is 68.0 Å². The molecule has 1 amide bonds. The number of pyridine rings is 1. The van der Waals surface area contributed by atoms with Crippen LogP contribution in [-0.2, 0) is 16.0 Å². The van der Waals surface area contributed by atoms with Crippen molar-refractivity contribution in [2.75, 3.05) is 0 Å². The van der Waals surface area contributed by atoms with Gasteiger partial charge in [-0.2, -0.15) is 5.26 Å². The van der Waals surface area contributed by atoms with Gasteiger partial charge < -0.3 is 14.5 Å². The highest BCUT2D eigenvalue weighted by Gasteiger charge is 2.36. The molecule has 1 N–H and O–H groups in total. The number of hydrogen-bond acceptors (Lipinski definition) is 6. The molecule has 178 valence electrons. The van der Waals surface area contributed by atoms with Crippen molar-refractivity contribution in [3.8, 4) is 6.07 Å². The van der Waals surface area contributed by atoms with Gasteiger partial charge in [-0.3, -0.25) is 4.79 Å². The lowest BCUT2D eigenvalue weighted by Crippen LogP contribution is -2.52. The fraction of sp³-hybridized carbons (Fsp3) is 0.357. The minimum absolute atomic E-state index is 0.445. The monoisotopic (exact) mass is 469 g/mol. The lowest BCUT2D eigenvalue weighted by atomic mass is 9.83. The Labute approximate surface area is 203 Å². The number of aromatic nitrogens is 1. The molecule has 1 atom stereocenters. The van der Waals surface area contributed by atoms with E-state index in [-0.39, 0.29) is 0 Å². The molecule has 0 saturated heterocycles. The molecule has 0 spiro atoms. The molecule has 7 heteroatoms. The van der Waals surface area contributed by atoms with Gasteiger partial charge >= 0.3 is 5.97 Å². The van der Waals surface area contributed by atoms with Crippen LogP contribution >= 0.6 is 0 Å². The number of nitriles is 1. The highest BCUT2D eigenvalue weighted by Crippen LogP contribution is 2.38. The Kier molecular flexibility index (Phi) is 6.12. The van der Waals surface area contributed by atoms with E-state index in [2.05, 4.69) is 11.4 Å². The van der Waals surface area contributed by atoms with E-state index < -0.39 is 23.5 Å². The van der Waals surface area contributed by atoms with Crippen LogP contribution < -0.4 is 5.32 Å². The molecule has 2 aliphatic rings. The summed E-state index contributed by atoms with van der Waals surface area (Å²) < 4.78 is 11.1. The molecule has 2 aliphatic carbocycles. The molecule has 1 saturated carbocycles. The lowest BCUT2D eigenvalue weighted by molar-refractivity contribution is -0.130. The van der Waals surface area contributed by atoms with Gasteiger partial charge in [0.05, 0.1) is 29.1 Å². The lowest BCUT2D eigenvalue weighted by Gasteiger charge is -2.32. The number of nitrogens with one attached hydrogen (secondary N) is 1. The van der Waals surface area contributed by atoms with Crippen molar-refractivity contribution >= 4 is 34.4 Å². The van der Waals surface area contributed by atoms with Crippen molar-refractivity contribution in [1.82, 2.24) is 10.3 Å². The average molecular weight is 470 g/mol. The summed E-state index contributed by atoms with van der Waals surface area (Å²) in [6.07, 6.45) is 7.97. The molecular formula is C28H27N3O4. The Hall–Kier alpha value is -3.92. The summed E-state index contributed by atoms with van der Waals surface area (Å²) >= 11 is 0. The van der Waals surface area contributed by atoms with Crippen molar-refractivity contribution in [3.05, 3.63) is 65.2 Å². The van der Waals surface area contributed by atoms with Crippen molar-refractivity contribution in [3.63, 3.8) is 0 Å². The number of amides is 1. The quantitative estimate of drug-likeness (QED) is 0.515. The summed E-state index contributed by atoms with van der Waals surface area (Å²) in [6.45, 7) is 1.55. The Morgan fingerprint density at radius 1 is 1.17 bits per heavy atom. The number of benzene rings is 1. The standard InChI is InChI=1S/C28H27N3O4/c1-18(26(32)31-28(17-29)13-5-2-6-14-28)35-27(33)24-21-9-3-4-10-23(21)30-25-19(11-12-22(24)25)16-20-8-7-15-34-20/h3-4,7-10,15-16,18H,2,5-6,11-14H2,1H3,(H,31,32)/b19-16-. The van der Waals surface area contributed by atoms with E-state index in [0.29, 0.717) is 35.7 Å². The molecule has 1 aromatic carbocycles. The highest BCUT2D eigenvalue weighted by atomic mass is 16.5. The highest BCUT2D eigenvalue weighted by molar-refractivity contribution is 6.07. The van der Waals surface area contributed by atoms with E-state index in [9.17, 15) is 14.9 Å². The maximum Gasteiger partial charge on any atom is 0.339 e. The first kappa shape index (κ1) is 22.9. The van der Waals surface area contributed by atoms with Crippen molar-refractivity contribution < 1.29 is 18.7 Å². The SMILES string of the molecule is CC(OC(=O)c1c2c(nc3ccccc13)/C(=C\c1ccco1)CC2)C(=O)NC1(C#N)CCCCC1. The van der Waals surface area contributed by atoms with Crippen LogP contribution in [0.3, 0.4) is 0 Å². The number of carbonyl (C=O) groups is 2. The van der Waals surface area contributed by atoms with E-state index in [1.54, 1.807) is 13.2 Å². The first-order chi connectivity index (χ1) is 17.0. The molecule has 2 aromatic heterocycles. The first-order valence-electron chi connectivity index (χ1n) is 12.1. The van der Waals surface area contributed by atoms with E-state index in [4.69, 9.17) is 14.1 Å². The number of fused-ring (bicyclic) bond motifs is 2. The molecular weight excluding hydrogens is 442 g/mol. The third-order valence-electron chi connectivity index (χ3n) is 6.94. The van der Waals surface area contributed by atoms with E-state index in [1.807, 2.05) is 42.5 Å². The zero-order valence-corrected chi connectivity index (χ0v) is 19.7. The number of para-hydroxylation sites is 1. The van der Waals surface area contributed by atoms with Crippen molar-refractivity contribution in [2.45, 2.75) is 63.5 Å². The fourth-order valence-electron chi connectivity index (χ4n) is 5.09. The number of esters is 1. The second-order valence-electron chi connectivity index (χ2n) is 9.31. The zero-order valence-electron chi connectivity index (χ0n) is 19.7. The molecule has 0 radical (unpaired) electrons. The number of allylic oxidation sites excluding steroid dienone is 1. The smallest absolute Gasteiger partial charge is 0.339 e. The van der Waals surface area contributed by atoms with Crippen molar-refractivity contribution in [1.29, 1.82) is 5.26 Å². The molecule has 35 heavy (non-hydrogen) atoms. The van der Waals surface area contributed by atoms with E-state index in [1.165, 1.54) is 0 Å². The van der Waals surface area contributed by atoms with Crippen LogP contribution in [-0.4, -0.2) is 28.5 Å². The maximum absolute atomic E-state index is 13.5. The molecule has 0 bridgehead atoms. The minimum Gasteiger partial charge on any atom is -0.465 e. The molecule has 3 aromatic rings. The largest absolute Gasteiger partial charge is 0.465 e.